The zero-order valence-electron chi connectivity index (χ0n) is 10.8. The molecule has 94 valence electrons. The number of nitrogens with one attached hydrogen (secondary N) is 1. The van der Waals surface area contributed by atoms with Crippen molar-refractivity contribution in [3.63, 3.8) is 0 Å². The standard InChI is InChI=1S/C16H19NO/c1-12-5-8-16(18-12)11-17-10-13-6-7-14-3-2-4-15(14)9-13/h5-9,17H,2-4,10-11H2,1H3. The van der Waals surface area contributed by atoms with Crippen molar-refractivity contribution in [1.82, 2.24) is 5.32 Å². The highest BCUT2D eigenvalue weighted by molar-refractivity contribution is 5.35. The van der Waals surface area contributed by atoms with Crippen molar-refractivity contribution >= 4 is 0 Å². The van der Waals surface area contributed by atoms with E-state index in [0.29, 0.717) is 0 Å². The third-order valence-electron chi connectivity index (χ3n) is 3.59. The van der Waals surface area contributed by atoms with Crippen molar-refractivity contribution in [2.45, 2.75) is 39.3 Å². The summed E-state index contributed by atoms with van der Waals surface area (Å²) >= 11 is 0. The Morgan fingerprint density at radius 3 is 2.78 bits per heavy atom. The van der Waals surface area contributed by atoms with E-state index in [-0.39, 0.29) is 0 Å². The SMILES string of the molecule is Cc1ccc(CNCc2ccc3c(c2)CCC3)o1. The lowest BCUT2D eigenvalue weighted by Crippen LogP contribution is -2.12. The zero-order chi connectivity index (χ0) is 12.4. The molecule has 18 heavy (non-hydrogen) atoms. The second-order valence-corrected chi connectivity index (χ2v) is 5.07. The molecule has 1 aromatic heterocycles. The second-order valence-electron chi connectivity index (χ2n) is 5.07. The van der Waals surface area contributed by atoms with Gasteiger partial charge in [-0.1, -0.05) is 18.2 Å². The van der Waals surface area contributed by atoms with Gasteiger partial charge in [0, 0.05) is 6.54 Å². The van der Waals surface area contributed by atoms with Gasteiger partial charge in [-0.2, -0.15) is 0 Å². The van der Waals surface area contributed by atoms with Gasteiger partial charge < -0.3 is 9.73 Å². The van der Waals surface area contributed by atoms with Crippen LogP contribution in [0.4, 0.5) is 0 Å². The number of rotatable bonds is 4. The lowest BCUT2D eigenvalue weighted by atomic mass is 10.1. The first-order valence-corrected chi connectivity index (χ1v) is 6.68. The summed E-state index contributed by atoms with van der Waals surface area (Å²) in [6.07, 6.45) is 3.83. The molecule has 0 radical (unpaired) electrons. The monoisotopic (exact) mass is 241 g/mol. The molecule has 0 spiro atoms. The zero-order valence-corrected chi connectivity index (χ0v) is 10.8. The first-order chi connectivity index (χ1) is 8.81. The first-order valence-electron chi connectivity index (χ1n) is 6.68. The molecule has 0 unspecified atom stereocenters. The molecule has 0 aliphatic heterocycles. The fourth-order valence-corrected chi connectivity index (χ4v) is 2.65. The Labute approximate surface area is 108 Å². The van der Waals surface area contributed by atoms with Crippen molar-refractivity contribution in [3.05, 3.63) is 58.5 Å². The van der Waals surface area contributed by atoms with Crippen LogP contribution in [-0.4, -0.2) is 0 Å². The Morgan fingerprint density at radius 1 is 1.06 bits per heavy atom. The number of aryl methyl sites for hydroxylation is 3. The molecular formula is C16H19NO. The van der Waals surface area contributed by atoms with Crippen molar-refractivity contribution in [2.24, 2.45) is 0 Å². The van der Waals surface area contributed by atoms with Gasteiger partial charge in [-0.15, -0.1) is 0 Å². The number of fused-ring (bicyclic) bond motifs is 1. The van der Waals surface area contributed by atoms with Crippen LogP contribution in [0.15, 0.2) is 34.7 Å². The Balaban J connectivity index is 1.57. The van der Waals surface area contributed by atoms with E-state index in [1.165, 1.54) is 24.8 Å². The molecule has 2 nitrogen and oxygen atoms in total. The Kier molecular flexibility index (Phi) is 3.20. The van der Waals surface area contributed by atoms with Gasteiger partial charge >= 0.3 is 0 Å². The maximum atomic E-state index is 5.53. The Hall–Kier alpha value is -1.54. The van der Waals surface area contributed by atoms with Crippen LogP contribution in [0.3, 0.4) is 0 Å². The average molecular weight is 241 g/mol. The molecule has 2 heteroatoms. The maximum absolute atomic E-state index is 5.53. The highest BCUT2D eigenvalue weighted by Gasteiger charge is 2.10. The lowest BCUT2D eigenvalue weighted by Gasteiger charge is -2.06. The fourth-order valence-electron chi connectivity index (χ4n) is 2.65. The van der Waals surface area contributed by atoms with Crippen LogP contribution >= 0.6 is 0 Å². The van der Waals surface area contributed by atoms with Gasteiger partial charge in [-0.25, -0.2) is 0 Å². The number of furan rings is 1. The van der Waals surface area contributed by atoms with Crippen LogP contribution in [0.5, 0.6) is 0 Å². The molecule has 2 aromatic rings. The van der Waals surface area contributed by atoms with E-state index in [4.69, 9.17) is 4.42 Å². The summed E-state index contributed by atoms with van der Waals surface area (Å²) < 4.78 is 5.53. The molecule has 0 saturated heterocycles. The Bertz CT molecular complexity index is 542. The van der Waals surface area contributed by atoms with Crippen LogP contribution in [0.2, 0.25) is 0 Å². The summed E-state index contributed by atoms with van der Waals surface area (Å²) in [7, 11) is 0. The second kappa shape index (κ2) is 4.99. The fraction of sp³-hybridized carbons (Fsp3) is 0.375. The van der Waals surface area contributed by atoms with E-state index in [9.17, 15) is 0 Å². The van der Waals surface area contributed by atoms with E-state index in [2.05, 4.69) is 23.5 Å². The highest BCUT2D eigenvalue weighted by Crippen LogP contribution is 2.22. The third-order valence-corrected chi connectivity index (χ3v) is 3.59. The van der Waals surface area contributed by atoms with Crippen molar-refractivity contribution in [1.29, 1.82) is 0 Å². The molecular weight excluding hydrogens is 222 g/mol. The van der Waals surface area contributed by atoms with E-state index >= 15 is 0 Å². The summed E-state index contributed by atoms with van der Waals surface area (Å²) in [4.78, 5) is 0. The van der Waals surface area contributed by atoms with Crippen molar-refractivity contribution < 1.29 is 4.42 Å². The number of benzene rings is 1. The minimum atomic E-state index is 0.797. The van der Waals surface area contributed by atoms with Crippen LogP contribution in [0.25, 0.3) is 0 Å². The minimum Gasteiger partial charge on any atom is -0.465 e. The molecule has 1 aromatic carbocycles. The number of hydrogen-bond acceptors (Lipinski definition) is 2. The molecule has 0 bridgehead atoms. The molecule has 1 aliphatic carbocycles. The third kappa shape index (κ3) is 2.49. The van der Waals surface area contributed by atoms with Gasteiger partial charge in [0.15, 0.2) is 0 Å². The predicted octanol–water partition coefficient (Wildman–Crippen LogP) is 3.37. The normalized spacial score (nSPS) is 13.8. The summed E-state index contributed by atoms with van der Waals surface area (Å²) in [5, 5.41) is 3.43. The summed E-state index contributed by atoms with van der Waals surface area (Å²) in [6, 6.07) is 10.9. The van der Waals surface area contributed by atoms with E-state index < -0.39 is 0 Å². The van der Waals surface area contributed by atoms with Gasteiger partial charge in [0.25, 0.3) is 0 Å². The summed E-state index contributed by atoms with van der Waals surface area (Å²) in [5.74, 6) is 1.98. The molecule has 0 fully saturated rings. The minimum absolute atomic E-state index is 0.797. The van der Waals surface area contributed by atoms with Crippen LogP contribution in [0, 0.1) is 6.92 Å². The van der Waals surface area contributed by atoms with Gasteiger partial charge in [-0.05, 0) is 55.0 Å². The van der Waals surface area contributed by atoms with Gasteiger partial charge in [0.2, 0.25) is 0 Å². The summed E-state index contributed by atoms with van der Waals surface area (Å²) in [6.45, 7) is 3.68. The molecule has 1 N–H and O–H groups in total. The molecule has 1 heterocycles. The molecule has 0 amide bonds. The van der Waals surface area contributed by atoms with Gasteiger partial charge in [0.05, 0.1) is 6.54 Å². The quantitative estimate of drug-likeness (QED) is 0.888. The maximum Gasteiger partial charge on any atom is 0.117 e. The Morgan fingerprint density at radius 2 is 1.94 bits per heavy atom. The lowest BCUT2D eigenvalue weighted by molar-refractivity contribution is 0.461. The van der Waals surface area contributed by atoms with Crippen LogP contribution in [-0.2, 0) is 25.9 Å². The first kappa shape index (κ1) is 11.5. The van der Waals surface area contributed by atoms with Crippen LogP contribution < -0.4 is 5.32 Å². The largest absolute Gasteiger partial charge is 0.465 e. The van der Waals surface area contributed by atoms with E-state index in [0.717, 1.165) is 24.6 Å². The van der Waals surface area contributed by atoms with Crippen LogP contribution in [0.1, 0.15) is 34.6 Å². The average Bonchev–Trinajstić information content (AvgIpc) is 2.97. The van der Waals surface area contributed by atoms with Crippen molar-refractivity contribution in [2.75, 3.05) is 0 Å². The summed E-state index contributed by atoms with van der Waals surface area (Å²) in [5.41, 5.74) is 4.46. The van der Waals surface area contributed by atoms with Gasteiger partial charge in [0.1, 0.15) is 11.5 Å². The molecule has 0 saturated carbocycles. The predicted molar refractivity (Wildman–Crippen MR) is 72.5 cm³/mol. The smallest absolute Gasteiger partial charge is 0.117 e. The topological polar surface area (TPSA) is 25.2 Å². The van der Waals surface area contributed by atoms with E-state index in [1.54, 1.807) is 11.1 Å². The highest BCUT2D eigenvalue weighted by atomic mass is 16.3. The molecule has 0 atom stereocenters. The van der Waals surface area contributed by atoms with Gasteiger partial charge in [-0.3, -0.25) is 0 Å². The number of hydrogen-bond donors (Lipinski definition) is 1. The molecule has 3 rings (SSSR count). The van der Waals surface area contributed by atoms with Crippen molar-refractivity contribution in [3.8, 4) is 0 Å². The van der Waals surface area contributed by atoms with E-state index in [1.807, 2.05) is 19.1 Å². The molecule has 1 aliphatic rings.